The molecule has 0 spiro atoms. The molecule has 0 atom stereocenters. The highest BCUT2D eigenvalue weighted by Crippen LogP contribution is 2.25. The van der Waals surface area contributed by atoms with E-state index in [9.17, 15) is 15.2 Å². The second-order valence-corrected chi connectivity index (χ2v) is 4.29. The summed E-state index contributed by atoms with van der Waals surface area (Å²) in [5.41, 5.74) is 4.36. The Morgan fingerprint density at radius 3 is 2.59 bits per heavy atom. The van der Waals surface area contributed by atoms with Crippen LogP contribution >= 0.6 is 0 Å². The van der Waals surface area contributed by atoms with Crippen molar-refractivity contribution in [2.24, 2.45) is 0 Å². The Morgan fingerprint density at radius 1 is 1.53 bits per heavy atom. The van der Waals surface area contributed by atoms with Crippen molar-refractivity contribution in [2.75, 3.05) is 17.6 Å². The number of aromatic nitrogens is 2. The van der Waals surface area contributed by atoms with Crippen LogP contribution in [0.5, 0.6) is 0 Å². The van der Waals surface area contributed by atoms with Gasteiger partial charge in [0.05, 0.1) is 10.5 Å². The van der Waals surface area contributed by atoms with Gasteiger partial charge in [-0.1, -0.05) is 0 Å². The number of hydrogen-bond donors (Lipinski definition) is 3. The maximum atomic E-state index is 10.9. The van der Waals surface area contributed by atoms with Gasteiger partial charge in [0.15, 0.2) is 0 Å². The molecule has 0 aliphatic carbocycles. The van der Waals surface area contributed by atoms with Crippen LogP contribution in [0.2, 0.25) is 0 Å². The number of nitrogens with two attached hydrogens (primary N) is 1. The minimum absolute atomic E-state index is 0.0159. The summed E-state index contributed by atoms with van der Waals surface area (Å²) in [6.45, 7) is 4.74. The summed E-state index contributed by atoms with van der Waals surface area (Å²) in [6, 6.07) is 0. The highest BCUT2D eigenvalue weighted by atomic mass is 16.6. The van der Waals surface area contributed by atoms with Crippen molar-refractivity contribution < 1.29 is 10.0 Å². The van der Waals surface area contributed by atoms with Crippen LogP contribution in [0.3, 0.4) is 0 Å². The van der Waals surface area contributed by atoms with Crippen molar-refractivity contribution in [1.29, 1.82) is 0 Å². The molecular weight excluding hydrogens is 226 g/mol. The zero-order chi connectivity index (χ0) is 13.2. The Morgan fingerprint density at radius 2 is 2.12 bits per heavy atom. The molecule has 0 saturated heterocycles. The van der Waals surface area contributed by atoms with Crippen molar-refractivity contribution in [3.8, 4) is 0 Å². The van der Waals surface area contributed by atoms with Gasteiger partial charge in [-0.05, 0) is 20.8 Å². The van der Waals surface area contributed by atoms with Gasteiger partial charge in [-0.25, -0.2) is 4.98 Å². The minimum Gasteiger partial charge on any atom is -0.389 e. The monoisotopic (exact) mass is 241 g/mol. The van der Waals surface area contributed by atoms with Gasteiger partial charge < -0.3 is 16.2 Å². The Balaban J connectivity index is 3.09. The van der Waals surface area contributed by atoms with E-state index in [0.29, 0.717) is 0 Å². The summed E-state index contributed by atoms with van der Waals surface area (Å²) in [5, 5.41) is 23.1. The van der Waals surface area contributed by atoms with Crippen LogP contribution in [0.15, 0.2) is 0 Å². The van der Waals surface area contributed by atoms with Gasteiger partial charge in [0.25, 0.3) is 0 Å². The second-order valence-electron chi connectivity index (χ2n) is 4.29. The topological polar surface area (TPSA) is 127 Å². The Hall–Kier alpha value is -1.96. The Labute approximate surface area is 98.0 Å². The van der Waals surface area contributed by atoms with Gasteiger partial charge in [0, 0.05) is 6.54 Å². The smallest absolute Gasteiger partial charge is 0.332 e. The van der Waals surface area contributed by atoms with Crippen molar-refractivity contribution in [1.82, 2.24) is 9.97 Å². The lowest BCUT2D eigenvalue weighted by Gasteiger charge is -2.18. The molecule has 17 heavy (non-hydrogen) atoms. The largest absolute Gasteiger partial charge is 0.389 e. The number of aryl methyl sites for hydroxylation is 1. The lowest BCUT2D eigenvalue weighted by Crippen LogP contribution is -2.30. The molecule has 1 aromatic heterocycles. The fraction of sp³-hybridized carbons (Fsp3) is 0.556. The summed E-state index contributed by atoms with van der Waals surface area (Å²) in [4.78, 5) is 17.8. The van der Waals surface area contributed by atoms with E-state index in [0.717, 1.165) is 0 Å². The molecule has 1 rings (SSSR count). The highest BCUT2D eigenvalue weighted by Gasteiger charge is 2.23. The number of nitrogens with zero attached hydrogens (tertiary/aromatic N) is 3. The number of anilines is 2. The molecule has 0 bridgehead atoms. The number of rotatable bonds is 4. The van der Waals surface area contributed by atoms with Gasteiger partial charge in [0.1, 0.15) is 5.69 Å². The third-order valence-corrected chi connectivity index (χ3v) is 1.95. The van der Waals surface area contributed by atoms with Gasteiger partial charge in [0.2, 0.25) is 11.8 Å². The number of nitro groups is 1. The van der Waals surface area contributed by atoms with Crippen molar-refractivity contribution in [3.63, 3.8) is 0 Å². The lowest BCUT2D eigenvalue weighted by molar-refractivity contribution is -0.385. The van der Waals surface area contributed by atoms with Gasteiger partial charge in [-0.15, -0.1) is 0 Å². The molecule has 1 heterocycles. The van der Waals surface area contributed by atoms with Gasteiger partial charge >= 0.3 is 5.69 Å². The highest BCUT2D eigenvalue weighted by molar-refractivity contribution is 5.60. The lowest BCUT2D eigenvalue weighted by atomic mass is 10.1. The van der Waals surface area contributed by atoms with Crippen LogP contribution in [0, 0.1) is 17.0 Å². The predicted octanol–water partition coefficient (Wildman–Crippen LogP) is 0.458. The van der Waals surface area contributed by atoms with E-state index < -0.39 is 10.5 Å². The molecule has 0 radical (unpaired) electrons. The zero-order valence-electron chi connectivity index (χ0n) is 9.89. The molecule has 0 aliphatic rings. The first-order chi connectivity index (χ1) is 7.70. The van der Waals surface area contributed by atoms with Crippen LogP contribution in [0.1, 0.15) is 19.5 Å². The molecular formula is C9H15N5O3. The fourth-order valence-corrected chi connectivity index (χ4v) is 1.23. The van der Waals surface area contributed by atoms with Crippen LogP contribution in [-0.2, 0) is 0 Å². The summed E-state index contributed by atoms with van der Waals surface area (Å²) >= 11 is 0. The molecule has 0 saturated carbocycles. The van der Waals surface area contributed by atoms with E-state index in [2.05, 4.69) is 15.3 Å². The second kappa shape index (κ2) is 4.50. The summed E-state index contributed by atoms with van der Waals surface area (Å²) in [6.07, 6.45) is 0. The molecule has 1 aromatic rings. The van der Waals surface area contributed by atoms with Gasteiger partial charge in [-0.2, -0.15) is 4.98 Å². The molecule has 8 nitrogen and oxygen atoms in total. The van der Waals surface area contributed by atoms with Crippen molar-refractivity contribution in [3.05, 3.63) is 15.8 Å². The van der Waals surface area contributed by atoms with Crippen LogP contribution in [0.4, 0.5) is 17.5 Å². The first-order valence-electron chi connectivity index (χ1n) is 4.95. The standard InChI is InChI=1S/C9H15N5O3/c1-5-6(14(16)17)7(13-8(10)12-5)11-4-9(2,3)15/h15H,4H2,1-3H3,(H3,10,11,12,13). The normalized spacial score (nSPS) is 11.3. The minimum atomic E-state index is -1.01. The summed E-state index contributed by atoms with van der Waals surface area (Å²) in [5.74, 6) is -0.0338. The molecule has 0 unspecified atom stereocenters. The number of nitrogens with one attached hydrogen (secondary N) is 1. The predicted molar refractivity (Wildman–Crippen MR) is 62.6 cm³/mol. The fourth-order valence-electron chi connectivity index (χ4n) is 1.23. The average Bonchev–Trinajstić information content (AvgIpc) is 2.11. The number of hydrogen-bond acceptors (Lipinski definition) is 7. The molecule has 0 aromatic carbocycles. The van der Waals surface area contributed by atoms with Crippen LogP contribution < -0.4 is 11.1 Å². The molecule has 0 aliphatic heterocycles. The van der Waals surface area contributed by atoms with Crippen LogP contribution in [0.25, 0.3) is 0 Å². The maximum Gasteiger partial charge on any atom is 0.332 e. The van der Waals surface area contributed by atoms with Crippen LogP contribution in [-0.4, -0.2) is 32.1 Å². The summed E-state index contributed by atoms with van der Waals surface area (Å²) in [7, 11) is 0. The molecule has 0 fully saturated rings. The molecule has 94 valence electrons. The van der Waals surface area contributed by atoms with E-state index in [-0.39, 0.29) is 29.7 Å². The molecule has 8 heteroatoms. The Bertz CT molecular complexity index is 441. The van der Waals surface area contributed by atoms with E-state index in [1.807, 2.05) is 0 Å². The maximum absolute atomic E-state index is 10.9. The van der Waals surface area contributed by atoms with Gasteiger partial charge in [-0.3, -0.25) is 10.1 Å². The number of aliphatic hydroxyl groups is 1. The third kappa shape index (κ3) is 3.52. The van der Waals surface area contributed by atoms with Crippen molar-refractivity contribution in [2.45, 2.75) is 26.4 Å². The van der Waals surface area contributed by atoms with E-state index in [1.165, 1.54) is 6.92 Å². The van der Waals surface area contributed by atoms with Crippen molar-refractivity contribution >= 4 is 17.5 Å². The first kappa shape index (κ1) is 13.1. The first-order valence-corrected chi connectivity index (χ1v) is 4.95. The average molecular weight is 241 g/mol. The van der Waals surface area contributed by atoms with E-state index in [4.69, 9.17) is 5.73 Å². The molecule has 4 N–H and O–H groups in total. The molecule has 0 amide bonds. The Kier molecular flexibility index (Phi) is 3.47. The zero-order valence-corrected chi connectivity index (χ0v) is 9.89. The summed E-state index contributed by atoms with van der Waals surface area (Å²) < 4.78 is 0. The van der Waals surface area contributed by atoms with E-state index >= 15 is 0 Å². The number of nitrogen functional groups attached to an aromatic ring is 1. The van der Waals surface area contributed by atoms with E-state index in [1.54, 1.807) is 13.8 Å². The third-order valence-electron chi connectivity index (χ3n) is 1.95. The SMILES string of the molecule is Cc1nc(N)nc(NCC(C)(C)O)c1[N+](=O)[O-]. The quantitative estimate of drug-likeness (QED) is 0.516.